The van der Waals surface area contributed by atoms with Crippen molar-refractivity contribution in [1.29, 1.82) is 0 Å². The van der Waals surface area contributed by atoms with Crippen LogP contribution >= 0.6 is 0 Å². The number of nitrogens with one attached hydrogen (secondary N) is 2. The van der Waals surface area contributed by atoms with E-state index in [1.165, 1.54) is 12.1 Å². The molecule has 0 atom stereocenters. The Morgan fingerprint density at radius 1 is 1.09 bits per heavy atom. The molecule has 0 unspecified atom stereocenters. The molecular weight excluding hydrogens is 423 g/mol. The predicted octanol–water partition coefficient (Wildman–Crippen LogP) is 3.36. The Labute approximate surface area is 188 Å². The van der Waals surface area contributed by atoms with E-state index in [4.69, 9.17) is 15.1 Å². The van der Waals surface area contributed by atoms with E-state index in [1.54, 1.807) is 22.7 Å². The van der Waals surface area contributed by atoms with E-state index >= 15 is 0 Å². The Hall–Kier alpha value is -4.11. The molecule has 0 saturated heterocycles. The van der Waals surface area contributed by atoms with Gasteiger partial charge in [-0.25, -0.2) is 19.3 Å². The van der Waals surface area contributed by atoms with Gasteiger partial charge in [0.2, 0.25) is 0 Å². The number of hydrogen-bond donors (Lipinski definition) is 3. The van der Waals surface area contributed by atoms with Gasteiger partial charge >= 0.3 is 0 Å². The molecule has 0 bridgehead atoms. The number of nitrogens with zero attached hydrogens (tertiary/aromatic N) is 4. The molecule has 4 heterocycles. The van der Waals surface area contributed by atoms with E-state index in [0.717, 1.165) is 22.5 Å². The topological polar surface area (TPSA) is 108 Å². The number of carbonyl (C=O) groups is 1. The summed E-state index contributed by atoms with van der Waals surface area (Å²) in [6, 6.07) is 13.8. The highest BCUT2D eigenvalue weighted by molar-refractivity contribution is 5.93. The number of H-pyrrole nitrogens is 1. The summed E-state index contributed by atoms with van der Waals surface area (Å²) in [4.78, 5) is 29.6. The van der Waals surface area contributed by atoms with Gasteiger partial charge < -0.3 is 15.4 Å². The number of imidazole rings is 2. The van der Waals surface area contributed by atoms with E-state index in [9.17, 15) is 9.18 Å². The highest BCUT2D eigenvalue weighted by atomic mass is 19.1. The first kappa shape index (κ1) is 20.8. The van der Waals surface area contributed by atoms with Crippen molar-refractivity contribution in [3.63, 3.8) is 0 Å². The first-order valence-electron chi connectivity index (χ1n) is 10.6. The minimum Gasteiger partial charge on any atom is -0.395 e. The van der Waals surface area contributed by atoms with Crippen LogP contribution in [0.3, 0.4) is 0 Å². The summed E-state index contributed by atoms with van der Waals surface area (Å²) >= 11 is 0. The summed E-state index contributed by atoms with van der Waals surface area (Å²) in [5.74, 6) is 0.128. The van der Waals surface area contributed by atoms with Crippen molar-refractivity contribution in [2.75, 3.05) is 13.2 Å². The maximum Gasteiger partial charge on any atom is 0.271 e. The van der Waals surface area contributed by atoms with Crippen LogP contribution in [-0.2, 0) is 6.42 Å². The Kier molecular flexibility index (Phi) is 5.31. The van der Waals surface area contributed by atoms with Crippen LogP contribution in [-0.4, -0.2) is 48.5 Å². The van der Waals surface area contributed by atoms with Crippen molar-refractivity contribution < 1.29 is 14.3 Å². The number of aliphatic hydroxyl groups excluding tert-OH is 1. The fourth-order valence-corrected chi connectivity index (χ4v) is 3.73. The molecule has 3 N–H and O–H groups in total. The second kappa shape index (κ2) is 8.44. The van der Waals surface area contributed by atoms with Gasteiger partial charge in [0.15, 0.2) is 0 Å². The molecule has 0 spiro atoms. The van der Waals surface area contributed by atoms with E-state index in [0.29, 0.717) is 29.1 Å². The number of benzene rings is 1. The first-order valence-corrected chi connectivity index (χ1v) is 10.6. The number of pyridine rings is 2. The van der Waals surface area contributed by atoms with Gasteiger partial charge in [0.05, 0.1) is 23.7 Å². The minimum atomic E-state index is -0.364. The van der Waals surface area contributed by atoms with Crippen molar-refractivity contribution in [3.05, 3.63) is 72.1 Å². The predicted molar refractivity (Wildman–Crippen MR) is 122 cm³/mol. The largest absolute Gasteiger partial charge is 0.395 e. The lowest BCUT2D eigenvalue weighted by Crippen LogP contribution is -2.26. The molecule has 0 saturated carbocycles. The van der Waals surface area contributed by atoms with Crippen LogP contribution in [0.15, 0.2) is 54.7 Å². The zero-order valence-electron chi connectivity index (χ0n) is 17.8. The Bertz CT molecular complexity index is 1470. The van der Waals surface area contributed by atoms with E-state index in [-0.39, 0.29) is 30.6 Å². The van der Waals surface area contributed by atoms with Gasteiger partial charge in [-0.05, 0) is 48.5 Å². The standard InChI is InChI=1S/C24H21FN6O2/c1-2-19-29-21(14-3-7-16(25)8-4-14)22(30-19)17-9-5-15-6-10-20-27-18(24(33)26-11-12-32)13-31(20)23(15)28-17/h3-10,13,32H,2,11-12H2,1H3,(H,26,33)(H,29,30). The summed E-state index contributed by atoms with van der Waals surface area (Å²) in [6.45, 7) is 2.01. The van der Waals surface area contributed by atoms with E-state index < -0.39 is 0 Å². The molecule has 166 valence electrons. The van der Waals surface area contributed by atoms with E-state index in [2.05, 4.69) is 15.3 Å². The van der Waals surface area contributed by atoms with Crippen LogP contribution in [0.2, 0.25) is 0 Å². The fraction of sp³-hybridized carbons (Fsp3) is 0.167. The lowest BCUT2D eigenvalue weighted by molar-refractivity contribution is 0.0940. The summed E-state index contributed by atoms with van der Waals surface area (Å²) in [6.07, 6.45) is 2.34. The number of halogens is 1. The summed E-state index contributed by atoms with van der Waals surface area (Å²) in [5, 5.41) is 12.4. The average molecular weight is 444 g/mol. The number of carbonyl (C=O) groups excluding carboxylic acids is 1. The molecule has 8 nitrogen and oxygen atoms in total. The van der Waals surface area contributed by atoms with E-state index in [1.807, 2.05) is 31.2 Å². The normalized spacial score (nSPS) is 11.4. The van der Waals surface area contributed by atoms with Crippen molar-refractivity contribution in [3.8, 4) is 22.6 Å². The van der Waals surface area contributed by atoms with Gasteiger partial charge in [0, 0.05) is 30.1 Å². The first-order chi connectivity index (χ1) is 16.1. The quantitative estimate of drug-likeness (QED) is 0.372. The van der Waals surface area contributed by atoms with Gasteiger partial charge in [0.1, 0.15) is 28.6 Å². The zero-order chi connectivity index (χ0) is 22.9. The molecule has 4 aromatic heterocycles. The molecular formula is C24H21FN6O2. The second-order valence-electron chi connectivity index (χ2n) is 7.54. The Balaban J connectivity index is 1.64. The van der Waals surface area contributed by atoms with Crippen molar-refractivity contribution in [1.82, 2.24) is 29.7 Å². The molecule has 0 radical (unpaired) electrons. The number of aromatic nitrogens is 5. The van der Waals surface area contributed by atoms with Gasteiger partial charge in [-0.1, -0.05) is 6.92 Å². The summed E-state index contributed by atoms with van der Waals surface area (Å²) in [5.41, 5.74) is 4.34. The molecule has 1 aromatic carbocycles. The number of fused-ring (bicyclic) bond motifs is 3. The molecule has 5 rings (SSSR count). The molecule has 5 aromatic rings. The third kappa shape index (κ3) is 3.83. The third-order valence-electron chi connectivity index (χ3n) is 5.37. The number of aliphatic hydroxyl groups is 1. The smallest absolute Gasteiger partial charge is 0.271 e. The average Bonchev–Trinajstić information content (AvgIpc) is 3.47. The summed E-state index contributed by atoms with van der Waals surface area (Å²) in [7, 11) is 0. The molecule has 0 aliphatic rings. The highest BCUT2D eigenvalue weighted by Crippen LogP contribution is 2.31. The maximum atomic E-state index is 13.5. The van der Waals surface area contributed by atoms with Crippen LogP contribution in [0.1, 0.15) is 23.2 Å². The van der Waals surface area contributed by atoms with Crippen LogP contribution < -0.4 is 5.32 Å². The number of hydrogen-bond acceptors (Lipinski definition) is 5. The number of aryl methyl sites for hydroxylation is 1. The Morgan fingerprint density at radius 2 is 1.88 bits per heavy atom. The molecule has 0 fully saturated rings. The van der Waals surface area contributed by atoms with Gasteiger partial charge in [-0.2, -0.15) is 0 Å². The number of amides is 1. The van der Waals surface area contributed by atoms with Crippen LogP contribution in [0.4, 0.5) is 4.39 Å². The monoisotopic (exact) mass is 444 g/mol. The van der Waals surface area contributed by atoms with Gasteiger partial charge in [-0.3, -0.25) is 9.20 Å². The third-order valence-corrected chi connectivity index (χ3v) is 5.37. The summed E-state index contributed by atoms with van der Waals surface area (Å²) < 4.78 is 15.2. The number of aromatic amines is 1. The SMILES string of the molecule is CCc1nc(-c2ccc(F)cc2)c(-c2ccc3ccc4nc(C(=O)NCCO)cn4c3n2)[nH]1. The zero-order valence-corrected chi connectivity index (χ0v) is 17.8. The fourth-order valence-electron chi connectivity index (χ4n) is 3.73. The van der Waals surface area contributed by atoms with Crippen molar-refractivity contribution in [2.45, 2.75) is 13.3 Å². The lowest BCUT2D eigenvalue weighted by atomic mass is 10.1. The lowest BCUT2D eigenvalue weighted by Gasteiger charge is -2.06. The van der Waals surface area contributed by atoms with Crippen molar-refractivity contribution >= 4 is 22.6 Å². The molecule has 1 amide bonds. The highest BCUT2D eigenvalue weighted by Gasteiger charge is 2.17. The molecule has 0 aliphatic heterocycles. The van der Waals surface area contributed by atoms with Gasteiger partial charge in [0.25, 0.3) is 5.91 Å². The van der Waals surface area contributed by atoms with Gasteiger partial charge in [-0.15, -0.1) is 0 Å². The van der Waals surface area contributed by atoms with Crippen LogP contribution in [0.5, 0.6) is 0 Å². The van der Waals surface area contributed by atoms with Crippen molar-refractivity contribution in [2.24, 2.45) is 0 Å². The molecule has 33 heavy (non-hydrogen) atoms. The molecule has 0 aliphatic carbocycles. The minimum absolute atomic E-state index is 0.146. The van der Waals surface area contributed by atoms with Crippen LogP contribution in [0.25, 0.3) is 39.3 Å². The second-order valence-corrected chi connectivity index (χ2v) is 7.54. The van der Waals surface area contributed by atoms with Crippen LogP contribution in [0, 0.1) is 5.82 Å². The molecule has 9 heteroatoms. The number of rotatable bonds is 6. The maximum absolute atomic E-state index is 13.5. The Morgan fingerprint density at radius 3 is 2.64 bits per heavy atom.